The number of aryl methyl sites for hydroxylation is 1. The molecule has 1 rings (SSSR count). The molecule has 2 heteroatoms. The molecular formula is C14H23NS. The van der Waals surface area contributed by atoms with Crippen LogP contribution in [0.2, 0.25) is 0 Å². The fourth-order valence-corrected chi connectivity index (χ4v) is 2.46. The first-order valence-electron chi connectivity index (χ1n) is 5.94. The standard InChI is InChI=1S/C14H23NS/c1-11(2)13(10-16)9-15(4)14-8-6-5-7-12(14)3/h5-8,11,13,16H,9-10H2,1-4H3. The summed E-state index contributed by atoms with van der Waals surface area (Å²) in [5.41, 5.74) is 2.67. The molecule has 1 aromatic rings. The third-order valence-corrected chi connectivity index (χ3v) is 3.68. The molecule has 1 nitrogen and oxygen atoms in total. The van der Waals surface area contributed by atoms with Gasteiger partial charge in [0.05, 0.1) is 0 Å². The van der Waals surface area contributed by atoms with Crippen LogP contribution < -0.4 is 4.90 Å². The van der Waals surface area contributed by atoms with Crippen molar-refractivity contribution in [3.63, 3.8) is 0 Å². The van der Waals surface area contributed by atoms with Crippen molar-refractivity contribution in [3.8, 4) is 0 Å². The Bertz CT molecular complexity index is 322. The number of para-hydroxylation sites is 1. The molecule has 16 heavy (non-hydrogen) atoms. The molecule has 0 aromatic heterocycles. The van der Waals surface area contributed by atoms with Crippen molar-refractivity contribution in [1.82, 2.24) is 0 Å². The van der Waals surface area contributed by atoms with Gasteiger partial charge in [0.25, 0.3) is 0 Å². The fraction of sp³-hybridized carbons (Fsp3) is 0.571. The summed E-state index contributed by atoms with van der Waals surface area (Å²) < 4.78 is 0. The van der Waals surface area contributed by atoms with Crippen molar-refractivity contribution in [3.05, 3.63) is 29.8 Å². The summed E-state index contributed by atoms with van der Waals surface area (Å²) >= 11 is 4.44. The molecule has 0 saturated carbocycles. The maximum absolute atomic E-state index is 4.44. The minimum Gasteiger partial charge on any atom is -0.374 e. The number of thiol groups is 1. The molecule has 0 fully saturated rings. The van der Waals surface area contributed by atoms with Crippen molar-refractivity contribution in [2.24, 2.45) is 11.8 Å². The van der Waals surface area contributed by atoms with Gasteiger partial charge < -0.3 is 4.90 Å². The maximum Gasteiger partial charge on any atom is 0.0393 e. The molecule has 0 radical (unpaired) electrons. The second kappa shape index (κ2) is 6.19. The van der Waals surface area contributed by atoms with E-state index in [-0.39, 0.29) is 0 Å². The van der Waals surface area contributed by atoms with Gasteiger partial charge in [0.15, 0.2) is 0 Å². The van der Waals surface area contributed by atoms with E-state index < -0.39 is 0 Å². The minimum absolute atomic E-state index is 0.646. The zero-order valence-electron chi connectivity index (χ0n) is 10.8. The summed E-state index contributed by atoms with van der Waals surface area (Å²) in [6.45, 7) is 7.78. The molecule has 0 amide bonds. The van der Waals surface area contributed by atoms with E-state index in [0.29, 0.717) is 11.8 Å². The van der Waals surface area contributed by atoms with Crippen molar-refractivity contribution >= 4 is 18.3 Å². The smallest absolute Gasteiger partial charge is 0.0393 e. The highest BCUT2D eigenvalue weighted by molar-refractivity contribution is 7.80. The molecule has 1 aromatic carbocycles. The molecule has 1 unspecified atom stereocenters. The lowest BCUT2D eigenvalue weighted by Crippen LogP contribution is -2.29. The van der Waals surface area contributed by atoms with E-state index in [1.165, 1.54) is 11.3 Å². The summed E-state index contributed by atoms with van der Waals surface area (Å²) in [6, 6.07) is 8.54. The quantitative estimate of drug-likeness (QED) is 0.765. The highest BCUT2D eigenvalue weighted by Gasteiger charge is 2.15. The highest BCUT2D eigenvalue weighted by atomic mass is 32.1. The SMILES string of the molecule is Cc1ccccc1N(C)CC(CS)C(C)C. The summed E-state index contributed by atoms with van der Waals surface area (Å²) in [4.78, 5) is 2.34. The van der Waals surface area contributed by atoms with Gasteiger partial charge in [-0.1, -0.05) is 32.0 Å². The number of hydrogen-bond acceptors (Lipinski definition) is 2. The van der Waals surface area contributed by atoms with E-state index in [1.54, 1.807) is 0 Å². The van der Waals surface area contributed by atoms with Crippen LogP contribution in [0.25, 0.3) is 0 Å². The molecule has 0 bridgehead atoms. The molecule has 0 aliphatic rings. The van der Waals surface area contributed by atoms with E-state index in [1.807, 2.05) is 0 Å². The van der Waals surface area contributed by atoms with Gasteiger partial charge in [0.1, 0.15) is 0 Å². The number of nitrogens with zero attached hydrogens (tertiary/aromatic N) is 1. The summed E-state index contributed by atoms with van der Waals surface area (Å²) in [5, 5.41) is 0. The van der Waals surface area contributed by atoms with Gasteiger partial charge in [-0.25, -0.2) is 0 Å². The monoisotopic (exact) mass is 237 g/mol. The average Bonchev–Trinajstić information content (AvgIpc) is 2.25. The Morgan fingerprint density at radius 3 is 2.38 bits per heavy atom. The van der Waals surface area contributed by atoms with Crippen LogP contribution in [-0.4, -0.2) is 19.3 Å². The lowest BCUT2D eigenvalue weighted by Gasteiger charge is -2.28. The van der Waals surface area contributed by atoms with Crippen molar-refractivity contribution in [1.29, 1.82) is 0 Å². The first kappa shape index (κ1) is 13.4. The van der Waals surface area contributed by atoms with Crippen LogP contribution in [0.4, 0.5) is 5.69 Å². The summed E-state index contributed by atoms with van der Waals surface area (Å²) in [5.74, 6) is 2.28. The van der Waals surface area contributed by atoms with Gasteiger partial charge in [0.2, 0.25) is 0 Å². The fourth-order valence-electron chi connectivity index (χ4n) is 1.92. The van der Waals surface area contributed by atoms with Crippen molar-refractivity contribution in [2.75, 3.05) is 24.2 Å². The Kier molecular flexibility index (Phi) is 5.20. The average molecular weight is 237 g/mol. The van der Waals surface area contributed by atoms with Crippen LogP contribution in [0.3, 0.4) is 0 Å². The van der Waals surface area contributed by atoms with Crippen LogP contribution >= 0.6 is 12.6 Å². The van der Waals surface area contributed by atoms with Crippen molar-refractivity contribution < 1.29 is 0 Å². The van der Waals surface area contributed by atoms with Crippen molar-refractivity contribution in [2.45, 2.75) is 20.8 Å². The summed E-state index contributed by atoms with van der Waals surface area (Å²) in [7, 11) is 2.17. The van der Waals surface area contributed by atoms with Gasteiger partial charge in [0, 0.05) is 19.3 Å². The van der Waals surface area contributed by atoms with Crippen LogP contribution in [-0.2, 0) is 0 Å². The molecule has 1 atom stereocenters. The Morgan fingerprint density at radius 2 is 1.88 bits per heavy atom. The van der Waals surface area contributed by atoms with Gasteiger partial charge in [-0.05, 0) is 36.1 Å². The van der Waals surface area contributed by atoms with E-state index in [9.17, 15) is 0 Å². The molecule has 0 aliphatic heterocycles. The first-order valence-corrected chi connectivity index (χ1v) is 6.57. The predicted molar refractivity (Wildman–Crippen MR) is 76.6 cm³/mol. The molecule has 90 valence electrons. The Morgan fingerprint density at radius 1 is 1.25 bits per heavy atom. The Balaban J connectivity index is 2.72. The molecular weight excluding hydrogens is 214 g/mol. The molecule has 0 heterocycles. The van der Waals surface area contributed by atoms with Crippen LogP contribution in [0, 0.1) is 18.8 Å². The second-order valence-corrected chi connectivity index (χ2v) is 5.22. The number of anilines is 1. The third-order valence-electron chi connectivity index (χ3n) is 3.21. The zero-order chi connectivity index (χ0) is 12.1. The number of hydrogen-bond donors (Lipinski definition) is 1. The van der Waals surface area contributed by atoms with Gasteiger partial charge >= 0.3 is 0 Å². The molecule has 0 N–H and O–H groups in total. The molecule has 0 aliphatic carbocycles. The van der Waals surface area contributed by atoms with Gasteiger partial charge in [-0.3, -0.25) is 0 Å². The maximum atomic E-state index is 4.44. The first-order chi connectivity index (χ1) is 7.56. The predicted octanol–water partition coefficient (Wildman–Crippen LogP) is 3.63. The lowest BCUT2D eigenvalue weighted by atomic mass is 9.97. The molecule has 0 saturated heterocycles. The number of rotatable bonds is 5. The van der Waals surface area contributed by atoms with E-state index in [0.717, 1.165) is 12.3 Å². The third kappa shape index (κ3) is 3.44. The zero-order valence-corrected chi connectivity index (χ0v) is 11.7. The van der Waals surface area contributed by atoms with E-state index in [2.05, 4.69) is 69.6 Å². The van der Waals surface area contributed by atoms with Crippen LogP contribution in [0.1, 0.15) is 19.4 Å². The van der Waals surface area contributed by atoms with Gasteiger partial charge in [-0.15, -0.1) is 0 Å². The minimum atomic E-state index is 0.646. The number of benzene rings is 1. The Hall–Kier alpha value is -0.630. The molecule has 0 spiro atoms. The second-order valence-electron chi connectivity index (χ2n) is 4.85. The van der Waals surface area contributed by atoms with Gasteiger partial charge in [-0.2, -0.15) is 12.6 Å². The summed E-state index contributed by atoms with van der Waals surface area (Å²) in [6.07, 6.45) is 0. The van der Waals surface area contributed by atoms with E-state index in [4.69, 9.17) is 0 Å². The normalized spacial score (nSPS) is 12.9. The topological polar surface area (TPSA) is 3.24 Å². The van der Waals surface area contributed by atoms with Crippen LogP contribution in [0.5, 0.6) is 0 Å². The highest BCUT2D eigenvalue weighted by Crippen LogP contribution is 2.21. The largest absolute Gasteiger partial charge is 0.374 e. The van der Waals surface area contributed by atoms with Crippen LogP contribution in [0.15, 0.2) is 24.3 Å². The Labute approximate surface area is 105 Å². The van der Waals surface area contributed by atoms with E-state index >= 15 is 0 Å². The lowest BCUT2D eigenvalue weighted by molar-refractivity contribution is 0.430.